The van der Waals surface area contributed by atoms with E-state index in [4.69, 9.17) is 0 Å². The Labute approximate surface area is 255 Å². The molecular weight excluding hydrogens is 540 g/mol. The van der Waals surface area contributed by atoms with Crippen molar-refractivity contribution in [2.45, 2.75) is 46.6 Å². The minimum atomic E-state index is -0.0279. The number of aromatic nitrogens is 3. The van der Waals surface area contributed by atoms with Gasteiger partial charge in [-0.05, 0) is 55.0 Å². The van der Waals surface area contributed by atoms with Crippen LogP contribution in [0.1, 0.15) is 55.2 Å². The zero-order valence-electron chi connectivity index (χ0n) is 26.1. The van der Waals surface area contributed by atoms with E-state index in [1.54, 1.807) is 0 Å². The lowest BCUT2D eigenvalue weighted by molar-refractivity contribution is 0.0657. The molecule has 3 aromatic rings. The number of pyridine rings is 3. The van der Waals surface area contributed by atoms with Crippen LogP contribution in [0.5, 0.6) is 0 Å². The summed E-state index contributed by atoms with van der Waals surface area (Å²) in [6, 6.07) is 7.87. The Bertz CT molecular complexity index is 1390. The van der Waals surface area contributed by atoms with Gasteiger partial charge in [0.1, 0.15) is 5.69 Å². The predicted octanol–water partition coefficient (Wildman–Crippen LogP) is 2.99. The van der Waals surface area contributed by atoms with Gasteiger partial charge < -0.3 is 25.0 Å². The molecule has 3 aliphatic heterocycles. The first-order chi connectivity index (χ1) is 21.1. The van der Waals surface area contributed by atoms with Gasteiger partial charge in [-0.25, -0.2) is 4.98 Å². The summed E-state index contributed by atoms with van der Waals surface area (Å²) in [4.78, 5) is 46.8. The highest BCUT2D eigenvalue weighted by Crippen LogP contribution is 2.22. The largest absolute Gasteiger partial charge is 0.368 e. The molecular formula is C33H48N8O2. The second-order valence-corrected chi connectivity index (χ2v) is 11.7. The SMILES string of the molecule is CC.CCc1cc2ncc(CN3CCN(c4ccc(C(=O)N5CCC(CN6CCNCC6)CC5)nc4)CC3)cc2[nH]c1=O. The lowest BCUT2D eigenvalue weighted by atomic mass is 9.95. The molecule has 3 aromatic heterocycles. The number of carbonyl (C=O) groups is 1. The van der Waals surface area contributed by atoms with Crippen LogP contribution in [0.25, 0.3) is 11.0 Å². The molecule has 2 N–H and O–H groups in total. The number of aromatic amines is 1. The van der Waals surface area contributed by atoms with Crippen molar-refractivity contribution in [1.82, 2.24) is 35.0 Å². The molecule has 0 saturated carbocycles. The number of fused-ring (bicyclic) bond motifs is 1. The zero-order chi connectivity index (χ0) is 30.2. The van der Waals surface area contributed by atoms with Crippen molar-refractivity contribution in [3.8, 4) is 0 Å². The molecule has 6 heterocycles. The molecule has 0 atom stereocenters. The Morgan fingerprint density at radius 1 is 0.907 bits per heavy atom. The number of hydrogen-bond donors (Lipinski definition) is 2. The number of piperidine rings is 1. The number of nitrogens with zero attached hydrogens (tertiary/aromatic N) is 6. The van der Waals surface area contributed by atoms with E-state index in [2.05, 4.69) is 35.0 Å². The second kappa shape index (κ2) is 14.9. The summed E-state index contributed by atoms with van der Waals surface area (Å²) in [5.74, 6) is 0.736. The summed E-state index contributed by atoms with van der Waals surface area (Å²) in [5.41, 5.74) is 5.07. The van der Waals surface area contributed by atoms with Crippen LogP contribution in [0, 0.1) is 5.92 Å². The molecule has 3 saturated heterocycles. The van der Waals surface area contributed by atoms with Gasteiger partial charge in [-0.1, -0.05) is 20.8 Å². The van der Waals surface area contributed by atoms with E-state index in [-0.39, 0.29) is 11.5 Å². The number of rotatable bonds is 7. The van der Waals surface area contributed by atoms with Crippen LogP contribution in [0.4, 0.5) is 5.69 Å². The van der Waals surface area contributed by atoms with Crippen LogP contribution in [0.3, 0.4) is 0 Å². The fourth-order valence-corrected chi connectivity index (χ4v) is 6.38. The summed E-state index contributed by atoms with van der Waals surface area (Å²) in [6.45, 7) is 17.7. The van der Waals surface area contributed by atoms with Gasteiger partial charge >= 0.3 is 0 Å². The molecule has 0 bridgehead atoms. The zero-order valence-corrected chi connectivity index (χ0v) is 26.1. The van der Waals surface area contributed by atoms with Gasteiger partial charge in [-0.2, -0.15) is 0 Å². The smallest absolute Gasteiger partial charge is 0.272 e. The first-order valence-corrected chi connectivity index (χ1v) is 16.2. The number of nitrogens with one attached hydrogen (secondary N) is 2. The normalized spacial score (nSPS) is 18.9. The van der Waals surface area contributed by atoms with Gasteiger partial charge in [0, 0.05) is 90.3 Å². The summed E-state index contributed by atoms with van der Waals surface area (Å²) < 4.78 is 0. The average molecular weight is 589 g/mol. The Hall–Kier alpha value is -3.34. The van der Waals surface area contributed by atoms with Crippen molar-refractivity contribution >= 4 is 22.6 Å². The van der Waals surface area contributed by atoms with Crippen LogP contribution in [0.2, 0.25) is 0 Å². The summed E-state index contributed by atoms with van der Waals surface area (Å²) in [6.07, 6.45) is 6.62. The van der Waals surface area contributed by atoms with E-state index >= 15 is 0 Å². The molecule has 3 fully saturated rings. The van der Waals surface area contributed by atoms with E-state index in [9.17, 15) is 9.59 Å². The maximum Gasteiger partial charge on any atom is 0.272 e. The molecule has 0 unspecified atom stereocenters. The Morgan fingerprint density at radius 3 is 2.33 bits per heavy atom. The molecule has 0 spiro atoms. The van der Waals surface area contributed by atoms with E-state index in [0.29, 0.717) is 18.0 Å². The summed E-state index contributed by atoms with van der Waals surface area (Å²) in [7, 11) is 0. The molecule has 232 valence electrons. The number of likely N-dealkylation sites (tertiary alicyclic amines) is 1. The minimum Gasteiger partial charge on any atom is -0.368 e. The van der Waals surface area contributed by atoms with Gasteiger partial charge in [0.2, 0.25) is 0 Å². The predicted molar refractivity (Wildman–Crippen MR) is 173 cm³/mol. The highest BCUT2D eigenvalue weighted by Gasteiger charge is 2.26. The van der Waals surface area contributed by atoms with Gasteiger partial charge in [0.05, 0.1) is 22.9 Å². The third-order valence-electron chi connectivity index (χ3n) is 8.95. The van der Waals surface area contributed by atoms with Crippen molar-refractivity contribution in [3.63, 3.8) is 0 Å². The minimum absolute atomic E-state index is 0.0279. The first kappa shape index (κ1) is 31.1. The molecule has 0 aliphatic carbocycles. The fourth-order valence-electron chi connectivity index (χ4n) is 6.38. The van der Waals surface area contributed by atoms with E-state index in [0.717, 1.165) is 119 Å². The van der Waals surface area contributed by atoms with Crippen molar-refractivity contribution in [2.24, 2.45) is 5.92 Å². The van der Waals surface area contributed by atoms with Gasteiger partial charge in [0.25, 0.3) is 11.5 Å². The molecule has 43 heavy (non-hydrogen) atoms. The lowest BCUT2D eigenvalue weighted by Gasteiger charge is -2.36. The average Bonchev–Trinajstić information content (AvgIpc) is 3.06. The van der Waals surface area contributed by atoms with Crippen LogP contribution in [0.15, 0.2) is 41.5 Å². The summed E-state index contributed by atoms with van der Waals surface area (Å²) >= 11 is 0. The monoisotopic (exact) mass is 588 g/mol. The third kappa shape index (κ3) is 7.79. The second-order valence-electron chi connectivity index (χ2n) is 11.7. The number of piperazine rings is 2. The Morgan fingerprint density at radius 2 is 1.65 bits per heavy atom. The highest BCUT2D eigenvalue weighted by molar-refractivity contribution is 5.92. The molecule has 10 heteroatoms. The maximum absolute atomic E-state index is 13.1. The van der Waals surface area contributed by atoms with E-state index < -0.39 is 0 Å². The van der Waals surface area contributed by atoms with Crippen molar-refractivity contribution in [1.29, 1.82) is 0 Å². The molecule has 1 amide bonds. The maximum atomic E-state index is 13.1. The Kier molecular flexibility index (Phi) is 10.8. The Balaban J connectivity index is 0.00000180. The summed E-state index contributed by atoms with van der Waals surface area (Å²) in [5, 5.41) is 3.42. The lowest BCUT2D eigenvalue weighted by Crippen LogP contribution is -2.47. The topological polar surface area (TPSA) is 101 Å². The molecule has 3 aliphatic rings. The third-order valence-corrected chi connectivity index (χ3v) is 8.95. The van der Waals surface area contributed by atoms with Gasteiger partial charge in [-0.3, -0.25) is 19.5 Å². The van der Waals surface area contributed by atoms with Crippen molar-refractivity contribution < 1.29 is 4.79 Å². The first-order valence-electron chi connectivity index (χ1n) is 16.2. The fraction of sp³-hybridized carbons (Fsp3) is 0.576. The van der Waals surface area contributed by atoms with E-state index in [1.807, 2.05) is 62.3 Å². The van der Waals surface area contributed by atoms with Crippen LogP contribution >= 0.6 is 0 Å². The molecule has 0 radical (unpaired) electrons. The number of amides is 1. The number of aryl methyl sites for hydroxylation is 1. The van der Waals surface area contributed by atoms with Crippen LogP contribution in [-0.4, -0.2) is 108 Å². The van der Waals surface area contributed by atoms with Gasteiger partial charge in [-0.15, -0.1) is 0 Å². The number of carbonyl (C=O) groups excluding carboxylic acids is 1. The molecule has 10 nitrogen and oxygen atoms in total. The van der Waals surface area contributed by atoms with Gasteiger partial charge in [0.15, 0.2) is 0 Å². The highest BCUT2D eigenvalue weighted by atomic mass is 16.2. The van der Waals surface area contributed by atoms with Crippen molar-refractivity contribution in [2.75, 3.05) is 76.9 Å². The number of anilines is 1. The van der Waals surface area contributed by atoms with Crippen LogP contribution in [-0.2, 0) is 13.0 Å². The quantitative estimate of drug-likeness (QED) is 0.435. The molecule has 0 aromatic carbocycles. The van der Waals surface area contributed by atoms with Crippen molar-refractivity contribution in [3.05, 3.63) is 63.8 Å². The number of hydrogen-bond acceptors (Lipinski definition) is 8. The molecule has 6 rings (SSSR count). The standard InChI is InChI=1S/C31H42N8O2.C2H6/c1-2-25-18-28-29(35-30(25)40)17-24(19-33-28)22-37-13-15-38(16-14-37)26-3-4-27(34-20-26)31(41)39-9-5-23(6-10-39)21-36-11-7-32-8-12-36;1-2/h3-4,17-20,23,32H,2,5-16,21-22H2,1H3,(H,35,40);1-2H3. The van der Waals surface area contributed by atoms with Crippen LogP contribution < -0.4 is 15.8 Å². The van der Waals surface area contributed by atoms with E-state index in [1.165, 1.54) is 0 Å². The number of H-pyrrole nitrogens is 1.